The van der Waals surface area contributed by atoms with E-state index >= 15 is 0 Å². The first kappa shape index (κ1) is 15.0. The molecule has 1 aliphatic heterocycles. The monoisotopic (exact) mass is 328 g/mol. The molecule has 5 heteroatoms. The van der Waals surface area contributed by atoms with E-state index in [9.17, 15) is 0 Å². The summed E-state index contributed by atoms with van der Waals surface area (Å²) >= 11 is 3.63. The molecular weight excluding hydrogens is 304 g/mol. The molecule has 0 saturated carbocycles. The van der Waals surface area contributed by atoms with Crippen molar-refractivity contribution in [2.24, 2.45) is 12.8 Å². The predicted octanol–water partition coefficient (Wildman–Crippen LogP) is 2.24. The van der Waals surface area contributed by atoms with Gasteiger partial charge in [0.05, 0.1) is 15.9 Å². The predicted molar refractivity (Wildman–Crippen MR) is 82.2 cm³/mol. The summed E-state index contributed by atoms with van der Waals surface area (Å²) in [5, 5.41) is 4.44. The molecule has 0 radical (unpaired) electrons. The van der Waals surface area contributed by atoms with Crippen LogP contribution in [-0.2, 0) is 13.5 Å². The molecule has 1 atom stereocenters. The Labute approximate surface area is 124 Å². The summed E-state index contributed by atoms with van der Waals surface area (Å²) in [4.78, 5) is 2.52. The zero-order chi connectivity index (χ0) is 14.2. The maximum absolute atomic E-state index is 6.51. The Hall–Kier alpha value is -0.390. The van der Waals surface area contributed by atoms with Crippen molar-refractivity contribution in [2.75, 3.05) is 13.1 Å². The standard InChI is InChI=1S/C14H25BrN4/c1-10-13(15)11(18(4)17-10)9-12(16)14(2,3)19-7-5-6-8-19/h12H,5-9,16H2,1-4H3. The van der Waals surface area contributed by atoms with Crippen LogP contribution in [0, 0.1) is 6.92 Å². The normalized spacial score (nSPS) is 19.1. The van der Waals surface area contributed by atoms with E-state index in [0.717, 1.165) is 16.6 Å². The summed E-state index contributed by atoms with van der Waals surface area (Å²) in [6, 6.07) is 0.108. The summed E-state index contributed by atoms with van der Waals surface area (Å²) in [7, 11) is 1.99. The van der Waals surface area contributed by atoms with Crippen LogP contribution in [0.25, 0.3) is 0 Å². The van der Waals surface area contributed by atoms with Crippen molar-refractivity contribution < 1.29 is 0 Å². The number of nitrogens with two attached hydrogens (primary N) is 1. The zero-order valence-corrected chi connectivity index (χ0v) is 14.0. The van der Waals surface area contributed by atoms with E-state index in [-0.39, 0.29) is 11.6 Å². The second kappa shape index (κ2) is 5.54. The topological polar surface area (TPSA) is 47.1 Å². The van der Waals surface area contributed by atoms with Crippen molar-refractivity contribution >= 4 is 15.9 Å². The number of rotatable bonds is 4. The van der Waals surface area contributed by atoms with Crippen molar-refractivity contribution in [1.29, 1.82) is 0 Å². The molecular formula is C14H25BrN4. The van der Waals surface area contributed by atoms with E-state index in [1.807, 2.05) is 18.7 Å². The highest BCUT2D eigenvalue weighted by atomic mass is 79.9. The second-order valence-corrected chi connectivity index (χ2v) is 6.92. The van der Waals surface area contributed by atoms with Gasteiger partial charge in [0.1, 0.15) is 0 Å². The lowest BCUT2D eigenvalue weighted by molar-refractivity contribution is 0.122. The first-order valence-electron chi connectivity index (χ1n) is 7.02. The number of halogens is 1. The van der Waals surface area contributed by atoms with Crippen LogP contribution < -0.4 is 5.73 Å². The maximum Gasteiger partial charge on any atom is 0.0738 e. The smallest absolute Gasteiger partial charge is 0.0738 e. The fourth-order valence-corrected chi connectivity index (χ4v) is 3.39. The molecule has 2 rings (SSSR count). The molecule has 1 aromatic heterocycles. The van der Waals surface area contributed by atoms with Gasteiger partial charge in [0, 0.05) is 25.0 Å². The van der Waals surface area contributed by atoms with Crippen molar-refractivity contribution in [1.82, 2.24) is 14.7 Å². The van der Waals surface area contributed by atoms with Gasteiger partial charge in [-0.05, 0) is 62.6 Å². The fraction of sp³-hybridized carbons (Fsp3) is 0.786. The van der Waals surface area contributed by atoms with Gasteiger partial charge in [-0.1, -0.05) is 0 Å². The SMILES string of the molecule is Cc1nn(C)c(CC(N)C(C)(C)N2CCCC2)c1Br. The Morgan fingerprint density at radius 1 is 1.37 bits per heavy atom. The van der Waals surface area contributed by atoms with Crippen molar-refractivity contribution in [3.8, 4) is 0 Å². The highest BCUT2D eigenvalue weighted by Gasteiger charge is 2.35. The van der Waals surface area contributed by atoms with Gasteiger partial charge in [-0.2, -0.15) is 5.10 Å². The number of hydrogen-bond donors (Lipinski definition) is 1. The fourth-order valence-electron chi connectivity index (χ4n) is 2.89. The van der Waals surface area contributed by atoms with Crippen LogP contribution in [-0.4, -0.2) is 39.4 Å². The molecule has 2 heterocycles. The molecule has 1 fully saturated rings. The Morgan fingerprint density at radius 2 is 1.95 bits per heavy atom. The average Bonchev–Trinajstić information content (AvgIpc) is 2.94. The van der Waals surface area contributed by atoms with Crippen LogP contribution >= 0.6 is 15.9 Å². The molecule has 1 aliphatic rings. The first-order chi connectivity index (χ1) is 8.84. The van der Waals surface area contributed by atoms with E-state index in [0.29, 0.717) is 0 Å². The minimum Gasteiger partial charge on any atom is -0.326 e. The van der Waals surface area contributed by atoms with E-state index in [1.54, 1.807) is 0 Å². The molecule has 19 heavy (non-hydrogen) atoms. The number of aromatic nitrogens is 2. The summed E-state index contributed by atoms with van der Waals surface area (Å²) in [6.45, 7) is 8.89. The summed E-state index contributed by atoms with van der Waals surface area (Å²) < 4.78 is 3.04. The van der Waals surface area contributed by atoms with Crippen LogP contribution in [0.15, 0.2) is 4.47 Å². The van der Waals surface area contributed by atoms with E-state index < -0.39 is 0 Å². The molecule has 0 amide bonds. The lowest BCUT2D eigenvalue weighted by Gasteiger charge is -2.40. The minimum atomic E-state index is 0.0358. The molecule has 0 spiro atoms. The Morgan fingerprint density at radius 3 is 2.42 bits per heavy atom. The minimum absolute atomic E-state index is 0.0358. The number of aryl methyl sites for hydroxylation is 2. The van der Waals surface area contributed by atoms with Gasteiger partial charge in [-0.15, -0.1) is 0 Å². The molecule has 1 saturated heterocycles. The Balaban J connectivity index is 2.13. The second-order valence-electron chi connectivity index (χ2n) is 6.13. The van der Waals surface area contributed by atoms with Crippen molar-refractivity contribution in [3.05, 3.63) is 15.9 Å². The van der Waals surface area contributed by atoms with Gasteiger partial charge in [0.15, 0.2) is 0 Å². The molecule has 0 bridgehead atoms. The molecule has 1 aromatic rings. The zero-order valence-electron chi connectivity index (χ0n) is 12.4. The van der Waals surface area contributed by atoms with Gasteiger partial charge < -0.3 is 5.73 Å². The molecule has 2 N–H and O–H groups in total. The van der Waals surface area contributed by atoms with Gasteiger partial charge >= 0.3 is 0 Å². The largest absolute Gasteiger partial charge is 0.326 e. The molecule has 1 unspecified atom stereocenters. The molecule has 108 valence electrons. The molecule has 4 nitrogen and oxygen atoms in total. The molecule has 0 aliphatic carbocycles. The summed E-state index contributed by atoms with van der Waals surface area (Å²) in [6.07, 6.45) is 3.44. The quantitative estimate of drug-likeness (QED) is 0.922. The number of likely N-dealkylation sites (tertiary alicyclic amines) is 1. The Bertz CT molecular complexity index is 447. The summed E-state index contributed by atoms with van der Waals surface area (Å²) in [5.41, 5.74) is 8.77. The van der Waals surface area contributed by atoms with Gasteiger partial charge in [0.2, 0.25) is 0 Å². The van der Waals surface area contributed by atoms with E-state index in [4.69, 9.17) is 5.73 Å². The maximum atomic E-state index is 6.51. The van der Waals surface area contributed by atoms with E-state index in [2.05, 4.69) is 39.8 Å². The van der Waals surface area contributed by atoms with Gasteiger partial charge in [-0.3, -0.25) is 9.58 Å². The van der Waals surface area contributed by atoms with Crippen LogP contribution in [0.3, 0.4) is 0 Å². The van der Waals surface area contributed by atoms with Crippen molar-refractivity contribution in [2.45, 2.75) is 51.6 Å². The third-order valence-electron chi connectivity index (χ3n) is 4.50. The van der Waals surface area contributed by atoms with Crippen molar-refractivity contribution in [3.63, 3.8) is 0 Å². The third kappa shape index (κ3) is 2.88. The third-order valence-corrected chi connectivity index (χ3v) is 5.53. The number of hydrogen-bond acceptors (Lipinski definition) is 3. The van der Waals surface area contributed by atoms with Gasteiger partial charge in [0.25, 0.3) is 0 Å². The lowest BCUT2D eigenvalue weighted by Crippen LogP contribution is -2.56. The highest BCUT2D eigenvalue weighted by molar-refractivity contribution is 9.10. The van der Waals surface area contributed by atoms with Crippen LogP contribution in [0.2, 0.25) is 0 Å². The van der Waals surface area contributed by atoms with Gasteiger partial charge in [-0.25, -0.2) is 0 Å². The first-order valence-corrected chi connectivity index (χ1v) is 7.82. The highest BCUT2D eigenvalue weighted by Crippen LogP contribution is 2.28. The summed E-state index contributed by atoms with van der Waals surface area (Å²) in [5.74, 6) is 0. The van der Waals surface area contributed by atoms with Crippen LogP contribution in [0.5, 0.6) is 0 Å². The molecule has 0 aromatic carbocycles. The van der Waals surface area contributed by atoms with Crippen LogP contribution in [0.1, 0.15) is 38.1 Å². The van der Waals surface area contributed by atoms with E-state index in [1.165, 1.54) is 31.6 Å². The average molecular weight is 329 g/mol. The lowest BCUT2D eigenvalue weighted by atomic mass is 9.90. The Kier molecular flexibility index (Phi) is 4.38. The van der Waals surface area contributed by atoms with Crippen LogP contribution in [0.4, 0.5) is 0 Å². The number of nitrogens with zero attached hydrogens (tertiary/aromatic N) is 3.